The number of aliphatic imine (C=N–C) groups is 1. The zero-order chi connectivity index (χ0) is 12.7. The molecule has 0 heterocycles. The van der Waals surface area contributed by atoms with E-state index in [0.717, 1.165) is 11.1 Å². The maximum atomic E-state index is 8.66. The largest absolute Gasteiger partial charge is 0.404 e. The van der Waals surface area contributed by atoms with Crippen molar-refractivity contribution in [3.05, 3.63) is 41.6 Å². The van der Waals surface area contributed by atoms with Crippen LogP contribution in [-0.4, -0.2) is 24.5 Å². The Hall–Kier alpha value is -1.61. The fourth-order valence-corrected chi connectivity index (χ4v) is 1.49. The molecule has 0 unspecified atom stereocenters. The molecule has 0 fully saturated rings. The first-order valence-electron chi connectivity index (χ1n) is 5.82. The summed E-state index contributed by atoms with van der Waals surface area (Å²) in [5.74, 6) is 0.525. The highest BCUT2D eigenvalue weighted by Gasteiger charge is 2.01. The van der Waals surface area contributed by atoms with E-state index in [1.165, 1.54) is 11.8 Å². The Bertz CT molecular complexity index is 391. The Morgan fingerprint density at radius 3 is 2.47 bits per heavy atom. The number of allylic oxidation sites excluding steroid dienone is 1. The van der Waals surface area contributed by atoms with Crippen molar-refractivity contribution in [3.8, 4) is 0 Å². The van der Waals surface area contributed by atoms with E-state index in [9.17, 15) is 0 Å². The van der Waals surface area contributed by atoms with Gasteiger partial charge in [0.25, 0.3) is 0 Å². The van der Waals surface area contributed by atoms with Gasteiger partial charge in [0.15, 0.2) is 0 Å². The predicted molar refractivity (Wildman–Crippen MR) is 73.1 cm³/mol. The van der Waals surface area contributed by atoms with Gasteiger partial charge in [0, 0.05) is 18.0 Å². The molecule has 0 spiro atoms. The zero-order valence-corrected chi connectivity index (χ0v) is 10.4. The Morgan fingerprint density at radius 1 is 1.35 bits per heavy atom. The van der Waals surface area contributed by atoms with Crippen molar-refractivity contribution in [2.75, 3.05) is 13.2 Å². The minimum absolute atomic E-state index is 0.0562. The molecule has 0 radical (unpaired) electrons. The minimum Gasteiger partial charge on any atom is -0.404 e. The number of nitrogens with two attached hydrogens (primary N) is 1. The lowest BCUT2D eigenvalue weighted by Gasteiger charge is -2.07. The molecule has 17 heavy (non-hydrogen) atoms. The molecule has 3 nitrogen and oxygen atoms in total. The van der Waals surface area contributed by atoms with E-state index in [0.29, 0.717) is 12.5 Å². The monoisotopic (exact) mass is 232 g/mol. The number of hydrogen-bond donors (Lipinski definition) is 2. The molecule has 3 N–H and O–H groups in total. The lowest BCUT2D eigenvalue weighted by atomic mass is 9.99. The topological polar surface area (TPSA) is 58.6 Å². The minimum atomic E-state index is 0.0562. The average molecular weight is 232 g/mol. The van der Waals surface area contributed by atoms with Crippen LogP contribution in [0.4, 0.5) is 0 Å². The first-order valence-corrected chi connectivity index (χ1v) is 5.82. The number of hydrogen-bond acceptors (Lipinski definition) is 3. The lowest BCUT2D eigenvalue weighted by Crippen LogP contribution is -1.95. The van der Waals surface area contributed by atoms with E-state index in [1.54, 1.807) is 6.21 Å². The van der Waals surface area contributed by atoms with Crippen LogP contribution in [0.15, 0.2) is 35.5 Å². The molecule has 0 aliphatic rings. The molecule has 0 atom stereocenters. The van der Waals surface area contributed by atoms with Gasteiger partial charge in [-0.05, 0) is 17.0 Å². The van der Waals surface area contributed by atoms with Gasteiger partial charge in [-0.3, -0.25) is 4.99 Å². The molecule has 92 valence electrons. The van der Waals surface area contributed by atoms with Crippen LogP contribution in [0.5, 0.6) is 0 Å². The molecule has 0 bridgehead atoms. The predicted octanol–water partition coefficient (Wildman–Crippen LogP) is 2.17. The number of aliphatic hydroxyl groups excluding tert-OH is 1. The van der Waals surface area contributed by atoms with E-state index in [4.69, 9.17) is 10.8 Å². The van der Waals surface area contributed by atoms with E-state index >= 15 is 0 Å². The van der Waals surface area contributed by atoms with Crippen LogP contribution in [0.25, 0.3) is 5.57 Å². The van der Waals surface area contributed by atoms with Gasteiger partial charge >= 0.3 is 0 Å². The van der Waals surface area contributed by atoms with Gasteiger partial charge in [-0.2, -0.15) is 0 Å². The molecular weight excluding hydrogens is 212 g/mol. The molecule has 0 aliphatic heterocycles. The van der Waals surface area contributed by atoms with Crippen molar-refractivity contribution in [1.82, 2.24) is 0 Å². The van der Waals surface area contributed by atoms with E-state index in [2.05, 4.69) is 31.0 Å². The van der Waals surface area contributed by atoms with Crippen molar-refractivity contribution in [3.63, 3.8) is 0 Å². The third-order valence-corrected chi connectivity index (χ3v) is 2.55. The number of nitrogens with zero attached hydrogens (tertiary/aromatic N) is 1. The molecule has 1 aromatic rings. The van der Waals surface area contributed by atoms with Crippen LogP contribution in [0, 0.1) is 0 Å². The number of benzene rings is 1. The van der Waals surface area contributed by atoms with Crippen LogP contribution >= 0.6 is 0 Å². The highest BCUT2D eigenvalue weighted by atomic mass is 16.3. The molecule has 1 rings (SSSR count). The summed E-state index contributed by atoms with van der Waals surface area (Å²) >= 11 is 0. The molecule has 0 aromatic heterocycles. The van der Waals surface area contributed by atoms with Gasteiger partial charge in [0.1, 0.15) is 0 Å². The van der Waals surface area contributed by atoms with E-state index in [-0.39, 0.29) is 6.61 Å². The van der Waals surface area contributed by atoms with Gasteiger partial charge in [0.2, 0.25) is 0 Å². The van der Waals surface area contributed by atoms with Crippen molar-refractivity contribution in [2.45, 2.75) is 19.8 Å². The molecule has 0 aliphatic carbocycles. The van der Waals surface area contributed by atoms with Gasteiger partial charge < -0.3 is 10.8 Å². The summed E-state index contributed by atoms with van der Waals surface area (Å²) in [5, 5.41) is 8.66. The van der Waals surface area contributed by atoms with Crippen LogP contribution in [-0.2, 0) is 0 Å². The number of rotatable bonds is 5. The molecule has 0 saturated heterocycles. The number of aliphatic hydroxyl groups is 1. The van der Waals surface area contributed by atoms with Gasteiger partial charge in [-0.15, -0.1) is 0 Å². The molecule has 1 aromatic carbocycles. The Morgan fingerprint density at radius 2 is 2.00 bits per heavy atom. The van der Waals surface area contributed by atoms with E-state index in [1.807, 2.05) is 12.1 Å². The summed E-state index contributed by atoms with van der Waals surface area (Å²) in [4.78, 5) is 4.07. The molecule has 3 heteroatoms. The van der Waals surface area contributed by atoms with Crippen LogP contribution in [0.3, 0.4) is 0 Å². The second-order valence-corrected chi connectivity index (χ2v) is 4.16. The fourth-order valence-electron chi connectivity index (χ4n) is 1.49. The van der Waals surface area contributed by atoms with Crippen molar-refractivity contribution in [2.24, 2.45) is 10.7 Å². The third-order valence-electron chi connectivity index (χ3n) is 2.55. The van der Waals surface area contributed by atoms with E-state index < -0.39 is 0 Å². The molecular formula is C14H20N2O. The van der Waals surface area contributed by atoms with Crippen LogP contribution < -0.4 is 5.73 Å². The first kappa shape index (κ1) is 13.5. The van der Waals surface area contributed by atoms with Gasteiger partial charge in [-0.1, -0.05) is 38.1 Å². The van der Waals surface area contributed by atoms with Crippen LogP contribution in [0.1, 0.15) is 30.9 Å². The third kappa shape index (κ3) is 4.04. The summed E-state index contributed by atoms with van der Waals surface area (Å²) in [5.41, 5.74) is 8.78. The van der Waals surface area contributed by atoms with Gasteiger partial charge in [-0.25, -0.2) is 0 Å². The highest BCUT2D eigenvalue weighted by Crippen LogP contribution is 2.18. The quantitative estimate of drug-likeness (QED) is 0.764. The summed E-state index contributed by atoms with van der Waals surface area (Å²) in [7, 11) is 0. The van der Waals surface area contributed by atoms with Crippen molar-refractivity contribution < 1.29 is 5.11 Å². The first-order chi connectivity index (χ1) is 8.19. The summed E-state index contributed by atoms with van der Waals surface area (Å²) < 4.78 is 0. The molecule has 0 amide bonds. The average Bonchev–Trinajstić information content (AvgIpc) is 2.35. The zero-order valence-electron chi connectivity index (χ0n) is 10.4. The standard InChI is InChI=1S/C14H20N2O/c1-11(2)12-3-5-13(6-4-12)14(9-15)10-16-7-8-17/h3-6,9-11,17H,7-8,15H2,1-2H3/b14-9+,16-10?. The van der Waals surface area contributed by atoms with Crippen LogP contribution in [0.2, 0.25) is 0 Å². The Labute approximate surface area is 103 Å². The summed E-state index contributed by atoms with van der Waals surface area (Å²) in [6.07, 6.45) is 3.23. The molecule has 0 saturated carbocycles. The SMILES string of the molecule is CC(C)c1ccc(/C(C=NCCO)=C/N)cc1. The lowest BCUT2D eigenvalue weighted by molar-refractivity contribution is 0.307. The second kappa shape index (κ2) is 6.86. The highest BCUT2D eigenvalue weighted by molar-refractivity contribution is 6.09. The van der Waals surface area contributed by atoms with Gasteiger partial charge in [0.05, 0.1) is 13.2 Å². The normalized spacial score (nSPS) is 12.6. The van der Waals surface area contributed by atoms with Crippen molar-refractivity contribution >= 4 is 11.8 Å². The smallest absolute Gasteiger partial charge is 0.0626 e. The summed E-state index contributed by atoms with van der Waals surface area (Å²) in [6.45, 7) is 4.79. The Balaban J connectivity index is 2.83. The maximum absolute atomic E-state index is 8.66. The summed E-state index contributed by atoms with van der Waals surface area (Å²) in [6, 6.07) is 8.28. The second-order valence-electron chi connectivity index (χ2n) is 4.16. The van der Waals surface area contributed by atoms with Crippen molar-refractivity contribution in [1.29, 1.82) is 0 Å². The maximum Gasteiger partial charge on any atom is 0.0626 e. The Kier molecular flexibility index (Phi) is 5.43. The fraction of sp³-hybridized carbons (Fsp3) is 0.357.